The SMILES string of the molecule is CC(C(=O)O)N1C2CCC1CC(c1ccnc3ccc(F)cc13)C2. The van der Waals surface area contributed by atoms with Crippen LogP contribution in [0, 0.1) is 5.82 Å². The maximum Gasteiger partial charge on any atom is 0.320 e. The standard InChI is InChI=1S/C19H21FN2O2/c1-11(19(23)24)22-14-3-4-15(22)9-12(8-14)16-6-7-21-18-5-2-13(20)10-17(16)18/h2,5-7,10-12,14-15H,3-4,8-9H2,1H3,(H,23,24). The highest BCUT2D eigenvalue weighted by molar-refractivity contribution is 5.82. The minimum Gasteiger partial charge on any atom is -0.480 e. The maximum absolute atomic E-state index is 13.7. The van der Waals surface area contributed by atoms with Crippen molar-refractivity contribution in [3.63, 3.8) is 0 Å². The van der Waals surface area contributed by atoms with Gasteiger partial charge in [0.05, 0.1) is 5.52 Å². The molecule has 1 aromatic heterocycles. The van der Waals surface area contributed by atoms with Gasteiger partial charge in [0.25, 0.3) is 0 Å². The Balaban J connectivity index is 1.67. The zero-order valence-electron chi connectivity index (χ0n) is 13.7. The highest BCUT2D eigenvalue weighted by atomic mass is 19.1. The lowest BCUT2D eigenvalue weighted by Gasteiger charge is -2.41. The first-order valence-electron chi connectivity index (χ1n) is 8.59. The Labute approximate surface area is 140 Å². The van der Waals surface area contributed by atoms with Crippen LogP contribution in [0.4, 0.5) is 4.39 Å². The van der Waals surface area contributed by atoms with Crippen molar-refractivity contribution in [3.8, 4) is 0 Å². The average molecular weight is 328 g/mol. The molecule has 2 fully saturated rings. The normalized spacial score (nSPS) is 28.2. The Morgan fingerprint density at radius 2 is 2.00 bits per heavy atom. The number of carbonyl (C=O) groups is 1. The average Bonchev–Trinajstić information content (AvgIpc) is 2.83. The number of aliphatic carboxylic acids is 1. The molecule has 4 rings (SSSR count). The number of piperidine rings is 1. The fraction of sp³-hybridized carbons (Fsp3) is 0.474. The molecule has 0 amide bonds. The molecular weight excluding hydrogens is 307 g/mol. The molecule has 3 heterocycles. The van der Waals surface area contributed by atoms with Gasteiger partial charge in [-0.05, 0) is 68.4 Å². The largest absolute Gasteiger partial charge is 0.480 e. The van der Waals surface area contributed by atoms with E-state index in [1.807, 2.05) is 6.07 Å². The van der Waals surface area contributed by atoms with Gasteiger partial charge in [0.1, 0.15) is 11.9 Å². The topological polar surface area (TPSA) is 53.4 Å². The van der Waals surface area contributed by atoms with Crippen molar-refractivity contribution >= 4 is 16.9 Å². The van der Waals surface area contributed by atoms with Gasteiger partial charge in [-0.15, -0.1) is 0 Å². The molecule has 5 heteroatoms. The van der Waals surface area contributed by atoms with Crippen LogP contribution in [0.1, 0.15) is 44.1 Å². The van der Waals surface area contributed by atoms with E-state index in [4.69, 9.17) is 0 Å². The quantitative estimate of drug-likeness (QED) is 0.936. The molecule has 0 saturated carbocycles. The second kappa shape index (κ2) is 5.81. The van der Waals surface area contributed by atoms with Gasteiger partial charge in [0, 0.05) is 23.7 Å². The first-order valence-corrected chi connectivity index (χ1v) is 8.59. The predicted molar refractivity (Wildman–Crippen MR) is 89.4 cm³/mol. The van der Waals surface area contributed by atoms with Crippen molar-refractivity contribution in [2.75, 3.05) is 0 Å². The van der Waals surface area contributed by atoms with E-state index in [1.54, 1.807) is 25.3 Å². The van der Waals surface area contributed by atoms with Gasteiger partial charge in [0.15, 0.2) is 0 Å². The molecule has 4 nitrogen and oxygen atoms in total. The minimum absolute atomic E-state index is 0.239. The van der Waals surface area contributed by atoms with E-state index in [0.29, 0.717) is 18.0 Å². The zero-order valence-corrected chi connectivity index (χ0v) is 13.7. The summed E-state index contributed by atoms with van der Waals surface area (Å²) in [4.78, 5) is 17.9. The molecule has 3 atom stereocenters. The van der Waals surface area contributed by atoms with Crippen molar-refractivity contribution in [1.82, 2.24) is 9.88 Å². The molecule has 2 aromatic rings. The summed E-state index contributed by atoms with van der Waals surface area (Å²) in [5.41, 5.74) is 1.97. The highest BCUT2D eigenvalue weighted by Crippen LogP contribution is 2.45. The monoisotopic (exact) mass is 328 g/mol. The van der Waals surface area contributed by atoms with Gasteiger partial charge in [0.2, 0.25) is 0 Å². The molecule has 2 saturated heterocycles. The van der Waals surface area contributed by atoms with Crippen LogP contribution in [0.15, 0.2) is 30.5 Å². The Morgan fingerprint density at radius 1 is 1.29 bits per heavy atom. The summed E-state index contributed by atoms with van der Waals surface area (Å²) in [6.45, 7) is 1.78. The number of fused-ring (bicyclic) bond motifs is 3. The first kappa shape index (κ1) is 15.5. The molecule has 1 N–H and O–H groups in total. The van der Waals surface area contributed by atoms with Crippen molar-refractivity contribution in [3.05, 3.63) is 41.8 Å². The summed E-state index contributed by atoms with van der Waals surface area (Å²) in [7, 11) is 0. The van der Waals surface area contributed by atoms with E-state index in [2.05, 4.69) is 9.88 Å². The molecule has 126 valence electrons. The van der Waals surface area contributed by atoms with Crippen molar-refractivity contribution < 1.29 is 14.3 Å². The molecule has 1 aromatic carbocycles. The lowest BCUT2D eigenvalue weighted by atomic mass is 9.83. The maximum atomic E-state index is 13.7. The van der Waals surface area contributed by atoms with Crippen molar-refractivity contribution in [2.45, 2.75) is 56.7 Å². The van der Waals surface area contributed by atoms with E-state index in [9.17, 15) is 14.3 Å². The number of hydrogen-bond donors (Lipinski definition) is 1. The van der Waals surface area contributed by atoms with Crippen LogP contribution >= 0.6 is 0 Å². The molecule has 2 aliphatic rings. The van der Waals surface area contributed by atoms with Gasteiger partial charge in [-0.1, -0.05) is 0 Å². The smallest absolute Gasteiger partial charge is 0.320 e. The third-order valence-corrected chi connectivity index (χ3v) is 5.77. The van der Waals surface area contributed by atoms with Gasteiger partial charge in [-0.3, -0.25) is 14.7 Å². The summed E-state index contributed by atoms with van der Waals surface area (Å²) in [6.07, 6.45) is 5.77. The number of hydrogen-bond acceptors (Lipinski definition) is 3. The van der Waals surface area contributed by atoms with Crippen LogP contribution in [0.25, 0.3) is 10.9 Å². The van der Waals surface area contributed by atoms with E-state index >= 15 is 0 Å². The lowest BCUT2D eigenvalue weighted by molar-refractivity contribution is -0.144. The molecule has 0 aliphatic carbocycles. The Morgan fingerprint density at radius 3 is 2.67 bits per heavy atom. The van der Waals surface area contributed by atoms with Crippen LogP contribution < -0.4 is 0 Å². The van der Waals surface area contributed by atoms with Crippen molar-refractivity contribution in [2.24, 2.45) is 0 Å². The molecule has 24 heavy (non-hydrogen) atoms. The molecular formula is C19H21FN2O2. The number of carboxylic acid groups (broad SMARTS) is 1. The van der Waals surface area contributed by atoms with Gasteiger partial charge < -0.3 is 5.11 Å². The third kappa shape index (κ3) is 2.47. The number of benzene rings is 1. The second-order valence-electron chi connectivity index (χ2n) is 7.08. The molecule has 2 bridgehead atoms. The summed E-state index contributed by atoms with van der Waals surface area (Å²) in [5.74, 6) is -0.648. The van der Waals surface area contributed by atoms with E-state index in [-0.39, 0.29) is 5.82 Å². The minimum atomic E-state index is -0.748. The van der Waals surface area contributed by atoms with Crippen molar-refractivity contribution in [1.29, 1.82) is 0 Å². The van der Waals surface area contributed by atoms with Crippen LogP contribution in [0.3, 0.4) is 0 Å². The van der Waals surface area contributed by atoms with E-state index in [0.717, 1.165) is 42.1 Å². The predicted octanol–water partition coefficient (Wildman–Crippen LogP) is 3.56. The summed E-state index contributed by atoms with van der Waals surface area (Å²) < 4.78 is 13.7. The van der Waals surface area contributed by atoms with E-state index in [1.165, 1.54) is 6.07 Å². The van der Waals surface area contributed by atoms with Gasteiger partial charge >= 0.3 is 5.97 Å². The molecule has 3 unspecified atom stereocenters. The highest BCUT2D eigenvalue weighted by Gasteiger charge is 2.44. The number of pyridine rings is 1. The number of carboxylic acids is 1. The number of nitrogens with zero attached hydrogens (tertiary/aromatic N) is 2. The molecule has 0 spiro atoms. The Hall–Kier alpha value is -2.01. The Kier molecular flexibility index (Phi) is 3.76. The van der Waals surface area contributed by atoms with Crippen LogP contribution in [-0.2, 0) is 4.79 Å². The number of rotatable bonds is 3. The van der Waals surface area contributed by atoms with E-state index < -0.39 is 12.0 Å². The zero-order chi connectivity index (χ0) is 16.8. The number of aromatic nitrogens is 1. The van der Waals surface area contributed by atoms with Crippen LogP contribution in [0.2, 0.25) is 0 Å². The summed E-state index contributed by atoms with van der Waals surface area (Å²) in [6, 6.07) is 6.92. The fourth-order valence-corrected chi connectivity index (χ4v) is 4.72. The van der Waals surface area contributed by atoms with Crippen LogP contribution in [0.5, 0.6) is 0 Å². The third-order valence-electron chi connectivity index (χ3n) is 5.77. The molecule has 0 radical (unpaired) electrons. The second-order valence-corrected chi connectivity index (χ2v) is 7.08. The Bertz CT molecular complexity index is 780. The fourth-order valence-electron chi connectivity index (χ4n) is 4.72. The van der Waals surface area contributed by atoms with Gasteiger partial charge in [-0.25, -0.2) is 4.39 Å². The number of halogens is 1. The summed E-state index contributed by atoms with van der Waals surface area (Å²) in [5, 5.41) is 10.3. The summed E-state index contributed by atoms with van der Waals surface area (Å²) >= 11 is 0. The molecule has 2 aliphatic heterocycles. The lowest BCUT2D eigenvalue weighted by Crippen LogP contribution is -2.50. The van der Waals surface area contributed by atoms with Crippen LogP contribution in [-0.4, -0.2) is 39.1 Å². The first-order chi connectivity index (χ1) is 11.5. The van der Waals surface area contributed by atoms with Gasteiger partial charge in [-0.2, -0.15) is 0 Å².